The van der Waals surface area contributed by atoms with Crippen LogP contribution in [0.5, 0.6) is 5.75 Å². The zero-order chi connectivity index (χ0) is 24.9. The van der Waals surface area contributed by atoms with Crippen LogP contribution in [-0.4, -0.2) is 49.2 Å². The fourth-order valence-electron chi connectivity index (χ4n) is 4.49. The first-order valence-corrected chi connectivity index (χ1v) is 11.9. The SMILES string of the molecule is C#Cc1cccc(C(=O)NCc2nc(N3CCN(c4ccccc4OC)CC3)c3ccccc3n2)c1. The number of amides is 1. The summed E-state index contributed by atoms with van der Waals surface area (Å²) in [4.78, 5) is 26.9. The van der Waals surface area contributed by atoms with Gasteiger partial charge in [0.1, 0.15) is 11.6 Å². The Morgan fingerprint density at radius 3 is 2.53 bits per heavy atom. The zero-order valence-electron chi connectivity index (χ0n) is 20.1. The highest BCUT2D eigenvalue weighted by Crippen LogP contribution is 2.30. The standard InChI is InChI=1S/C29H27N5O2/c1-3-21-9-8-10-22(19-21)29(35)30-20-27-31-24-12-5-4-11-23(24)28(32-27)34-17-15-33(16-18-34)25-13-6-7-14-26(25)36-2/h1,4-14,19H,15-18,20H2,2H3,(H,30,35). The summed E-state index contributed by atoms with van der Waals surface area (Å²) < 4.78 is 5.55. The molecule has 0 aliphatic carbocycles. The lowest BCUT2D eigenvalue weighted by molar-refractivity contribution is 0.0950. The van der Waals surface area contributed by atoms with E-state index < -0.39 is 0 Å². The second kappa shape index (κ2) is 10.4. The van der Waals surface area contributed by atoms with Crippen LogP contribution in [0.2, 0.25) is 0 Å². The van der Waals surface area contributed by atoms with Crippen molar-refractivity contribution in [1.82, 2.24) is 15.3 Å². The molecule has 1 amide bonds. The lowest BCUT2D eigenvalue weighted by atomic mass is 10.1. The predicted octanol–water partition coefficient (Wildman–Crippen LogP) is 3.88. The summed E-state index contributed by atoms with van der Waals surface area (Å²) in [5, 5.41) is 3.93. The lowest BCUT2D eigenvalue weighted by Crippen LogP contribution is -2.47. The summed E-state index contributed by atoms with van der Waals surface area (Å²) in [5.74, 6) is 4.68. The number of rotatable bonds is 6. The Labute approximate surface area is 210 Å². The zero-order valence-corrected chi connectivity index (χ0v) is 20.1. The third-order valence-electron chi connectivity index (χ3n) is 6.33. The molecule has 5 rings (SSSR count). The number of hydrogen-bond donors (Lipinski definition) is 1. The Kier molecular flexibility index (Phi) is 6.67. The number of hydrogen-bond acceptors (Lipinski definition) is 6. The summed E-state index contributed by atoms with van der Waals surface area (Å²) in [5.41, 5.74) is 3.14. The third kappa shape index (κ3) is 4.80. The number of benzene rings is 3. The Morgan fingerprint density at radius 2 is 1.72 bits per heavy atom. The van der Waals surface area contributed by atoms with Gasteiger partial charge in [0.15, 0.2) is 5.82 Å². The number of para-hydroxylation sites is 3. The molecular weight excluding hydrogens is 450 g/mol. The van der Waals surface area contributed by atoms with Gasteiger partial charge in [-0.05, 0) is 42.5 Å². The van der Waals surface area contributed by atoms with Crippen molar-refractivity contribution in [3.05, 3.63) is 89.7 Å². The van der Waals surface area contributed by atoms with Gasteiger partial charge < -0.3 is 19.9 Å². The minimum absolute atomic E-state index is 0.212. The van der Waals surface area contributed by atoms with Crippen LogP contribution in [0.1, 0.15) is 21.7 Å². The van der Waals surface area contributed by atoms with Crippen LogP contribution < -0.4 is 19.9 Å². The van der Waals surface area contributed by atoms with Gasteiger partial charge in [-0.15, -0.1) is 6.42 Å². The molecule has 0 saturated carbocycles. The van der Waals surface area contributed by atoms with Crippen LogP contribution >= 0.6 is 0 Å². The summed E-state index contributed by atoms with van der Waals surface area (Å²) in [6, 6.07) is 23.1. The third-order valence-corrected chi connectivity index (χ3v) is 6.33. The van der Waals surface area contributed by atoms with E-state index in [4.69, 9.17) is 21.1 Å². The Hall–Kier alpha value is -4.57. The molecule has 1 aromatic heterocycles. The number of fused-ring (bicyclic) bond motifs is 1. The van der Waals surface area contributed by atoms with Gasteiger partial charge in [0.2, 0.25) is 0 Å². The minimum atomic E-state index is -0.212. The van der Waals surface area contributed by atoms with Gasteiger partial charge in [0.05, 0.1) is 24.9 Å². The summed E-state index contributed by atoms with van der Waals surface area (Å²) >= 11 is 0. The van der Waals surface area contributed by atoms with Crippen LogP contribution in [0.15, 0.2) is 72.8 Å². The Morgan fingerprint density at radius 1 is 0.972 bits per heavy atom. The first kappa shape index (κ1) is 23.2. The molecule has 2 heterocycles. The number of terminal acetylenes is 1. The smallest absolute Gasteiger partial charge is 0.251 e. The molecular formula is C29H27N5O2. The molecule has 0 atom stereocenters. The fourth-order valence-corrected chi connectivity index (χ4v) is 4.49. The molecule has 3 aromatic carbocycles. The quantitative estimate of drug-likeness (QED) is 0.425. The van der Waals surface area contributed by atoms with Gasteiger partial charge in [-0.1, -0.05) is 36.3 Å². The molecule has 180 valence electrons. The highest BCUT2D eigenvalue weighted by molar-refractivity contribution is 5.94. The van der Waals surface area contributed by atoms with E-state index in [1.807, 2.05) is 42.5 Å². The van der Waals surface area contributed by atoms with Crippen molar-refractivity contribution in [2.45, 2.75) is 6.54 Å². The van der Waals surface area contributed by atoms with Crippen LogP contribution in [0.25, 0.3) is 10.9 Å². The van der Waals surface area contributed by atoms with Crippen LogP contribution in [0.3, 0.4) is 0 Å². The molecule has 1 N–H and O–H groups in total. The predicted molar refractivity (Wildman–Crippen MR) is 143 cm³/mol. The largest absolute Gasteiger partial charge is 0.495 e. The first-order valence-electron chi connectivity index (χ1n) is 11.9. The van der Waals surface area contributed by atoms with E-state index in [1.54, 1.807) is 31.4 Å². The van der Waals surface area contributed by atoms with Gasteiger partial charge >= 0.3 is 0 Å². The summed E-state index contributed by atoms with van der Waals surface area (Å²) in [6.07, 6.45) is 5.46. The number of piperazine rings is 1. The minimum Gasteiger partial charge on any atom is -0.495 e. The number of nitrogens with one attached hydrogen (secondary N) is 1. The van der Waals surface area contributed by atoms with E-state index in [9.17, 15) is 4.79 Å². The molecule has 36 heavy (non-hydrogen) atoms. The van der Waals surface area contributed by atoms with Crippen LogP contribution in [0.4, 0.5) is 11.5 Å². The van der Waals surface area contributed by atoms with Gasteiger partial charge in [-0.2, -0.15) is 0 Å². The van der Waals surface area contributed by atoms with Crippen molar-refractivity contribution in [1.29, 1.82) is 0 Å². The summed E-state index contributed by atoms with van der Waals surface area (Å²) in [6.45, 7) is 3.53. The normalized spacial score (nSPS) is 13.3. The molecule has 4 aromatic rings. The molecule has 0 radical (unpaired) electrons. The number of ether oxygens (including phenoxy) is 1. The average Bonchev–Trinajstić information content (AvgIpc) is 2.95. The second-order valence-corrected chi connectivity index (χ2v) is 8.53. The summed E-state index contributed by atoms with van der Waals surface area (Å²) in [7, 11) is 1.70. The second-order valence-electron chi connectivity index (χ2n) is 8.53. The van der Waals surface area contributed by atoms with E-state index in [0.717, 1.165) is 54.3 Å². The molecule has 1 aliphatic rings. The molecule has 1 aliphatic heterocycles. The van der Waals surface area contributed by atoms with E-state index >= 15 is 0 Å². The van der Waals surface area contributed by atoms with Gasteiger partial charge in [0, 0.05) is 42.7 Å². The van der Waals surface area contributed by atoms with Gasteiger partial charge in [-0.25, -0.2) is 9.97 Å². The number of carbonyl (C=O) groups is 1. The van der Waals surface area contributed by atoms with Crippen molar-refractivity contribution in [2.24, 2.45) is 0 Å². The molecule has 7 heteroatoms. The highest BCUT2D eigenvalue weighted by Gasteiger charge is 2.22. The van der Waals surface area contributed by atoms with Crippen molar-refractivity contribution in [3.63, 3.8) is 0 Å². The van der Waals surface area contributed by atoms with Crippen molar-refractivity contribution in [3.8, 4) is 18.1 Å². The maximum atomic E-state index is 12.7. The molecule has 7 nitrogen and oxygen atoms in total. The number of nitrogens with zero attached hydrogens (tertiary/aromatic N) is 4. The van der Waals surface area contributed by atoms with Crippen LogP contribution in [-0.2, 0) is 6.54 Å². The van der Waals surface area contributed by atoms with E-state index in [1.165, 1.54) is 0 Å². The van der Waals surface area contributed by atoms with Crippen molar-refractivity contribution < 1.29 is 9.53 Å². The molecule has 0 spiro atoms. The topological polar surface area (TPSA) is 70.6 Å². The monoisotopic (exact) mass is 477 g/mol. The number of methoxy groups -OCH3 is 1. The molecule has 0 bridgehead atoms. The highest BCUT2D eigenvalue weighted by atomic mass is 16.5. The van der Waals surface area contributed by atoms with Gasteiger partial charge in [0.25, 0.3) is 5.91 Å². The number of anilines is 2. The van der Waals surface area contributed by atoms with E-state index in [2.05, 4.69) is 27.1 Å². The maximum Gasteiger partial charge on any atom is 0.251 e. The molecule has 0 unspecified atom stereocenters. The van der Waals surface area contributed by atoms with Crippen molar-refractivity contribution >= 4 is 28.3 Å². The lowest BCUT2D eigenvalue weighted by Gasteiger charge is -2.37. The fraction of sp³-hybridized carbons (Fsp3) is 0.207. The first-order chi connectivity index (χ1) is 17.7. The van der Waals surface area contributed by atoms with Crippen LogP contribution in [0, 0.1) is 12.3 Å². The Bertz CT molecular complexity index is 1440. The molecule has 1 fully saturated rings. The van der Waals surface area contributed by atoms with E-state index in [0.29, 0.717) is 17.0 Å². The van der Waals surface area contributed by atoms with Crippen molar-refractivity contribution in [2.75, 3.05) is 43.1 Å². The number of aromatic nitrogens is 2. The van der Waals surface area contributed by atoms with Gasteiger partial charge in [-0.3, -0.25) is 4.79 Å². The van der Waals surface area contributed by atoms with E-state index in [-0.39, 0.29) is 12.5 Å². The molecule has 1 saturated heterocycles. The Balaban J connectivity index is 1.35. The number of carbonyl (C=O) groups excluding carboxylic acids is 1. The maximum absolute atomic E-state index is 12.7. The average molecular weight is 478 g/mol.